The van der Waals surface area contributed by atoms with E-state index >= 15 is 0 Å². The van der Waals surface area contributed by atoms with E-state index in [4.69, 9.17) is 0 Å². The molecule has 0 atom stereocenters. The number of nitrogens with zero attached hydrogens (tertiary/aromatic N) is 4. The molecular weight excluding hydrogens is 390 g/mol. The molecule has 0 amide bonds. The van der Waals surface area contributed by atoms with Crippen LogP contribution in [0.5, 0.6) is 0 Å². The van der Waals surface area contributed by atoms with Gasteiger partial charge in [0.2, 0.25) is 0 Å². The molecule has 0 spiro atoms. The maximum atomic E-state index is 12.6. The number of nitrogens with one attached hydrogen (secondary N) is 1. The van der Waals surface area contributed by atoms with Crippen molar-refractivity contribution < 1.29 is 8.42 Å². The van der Waals surface area contributed by atoms with E-state index in [1.165, 1.54) is 0 Å². The summed E-state index contributed by atoms with van der Waals surface area (Å²) in [6.45, 7) is 3.95. The van der Waals surface area contributed by atoms with Gasteiger partial charge in [-0.15, -0.1) is 0 Å². The van der Waals surface area contributed by atoms with Gasteiger partial charge in [-0.05, 0) is 70.8 Å². The largest absolute Gasteiger partial charge is 0.334 e. The molecule has 1 N–H and O–H groups in total. The molecule has 0 bridgehead atoms. The highest BCUT2D eigenvalue weighted by atomic mass is 32.2. The summed E-state index contributed by atoms with van der Waals surface area (Å²) in [5.41, 5.74) is 2.12. The first kappa shape index (κ1) is 20.3. The third-order valence-electron chi connectivity index (χ3n) is 6.05. The smallest absolute Gasteiger partial charge is 0.267 e. The van der Waals surface area contributed by atoms with Gasteiger partial charge in [-0.3, -0.25) is 4.79 Å². The Balaban J connectivity index is 1.41. The van der Waals surface area contributed by atoms with Crippen molar-refractivity contribution in [2.75, 3.05) is 0 Å². The van der Waals surface area contributed by atoms with Crippen molar-refractivity contribution in [2.45, 2.75) is 88.4 Å². The van der Waals surface area contributed by atoms with Gasteiger partial charge < -0.3 is 4.57 Å². The number of hydrogen-bond acceptors (Lipinski definition) is 5. The molecule has 2 aliphatic rings. The lowest BCUT2D eigenvalue weighted by Gasteiger charge is -2.30. The molecule has 2 aliphatic carbocycles. The second-order valence-electron chi connectivity index (χ2n) is 8.49. The van der Waals surface area contributed by atoms with Crippen LogP contribution in [0.25, 0.3) is 0 Å². The molecule has 158 valence electrons. The number of sulfonamides is 1. The van der Waals surface area contributed by atoms with E-state index in [1.807, 2.05) is 13.8 Å². The molecule has 29 heavy (non-hydrogen) atoms. The Morgan fingerprint density at radius 1 is 1.14 bits per heavy atom. The summed E-state index contributed by atoms with van der Waals surface area (Å²) in [6, 6.07) is 1.80. The van der Waals surface area contributed by atoms with E-state index in [9.17, 15) is 13.2 Å². The summed E-state index contributed by atoms with van der Waals surface area (Å²) in [7, 11) is -3.64. The van der Waals surface area contributed by atoms with Crippen molar-refractivity contribution in [1.82, 2.24) is 24.1 Å². The van der Waals surface area contributed by atoms with Gasteiger partial charge in [0.25, 0.3) is 15.6 Å². The number of aryl methyl sites for hydroxylation is 2. The lowest BCUT2D eigenvalue weighted by molar-refractivity contribution is 0.282. The lowest BCUT2D eigenvalue weighted by Crippen LogP contribution is -2.40. The van der Waals surface area contributed by atoms with Crippen LogP contribution in [-0.2, 0) is 22.9 Å². The molecule has 9 heteroatoms. The molecule has 1 fully saturated rings. The van der Waals surface area contributed by atoms with Gasteiger partial charge >= 0.3 is 0 Å². The standard InChI is InChI=1S/C20H29N5O3S/c1-14(2)24-12-19(21-13-24)29(27,28)23-16-7-9-17(10-8-16)25-20(26)11-15-5-3-4-6-18(15)22-25/h11-14,16-17,23H,3-10H2,1-2H3. The minimum atomic E-state index is -3.64. The normalized spacial score (nSPS) is 22.6. The minimum Gasteiger partial charge on any atom is -0.334 e. The van der Waals surface area contributed by atoms with Gasteiger partial charge in [-0.1, -0.05) is 0 Å². The predicted molar refractivity (Wildman–Crippen MR) is 109 cm³/mol. The topological polar surface area (TPSA) is 98.9 Å². The summed E-state index contributed by atoms with van der Waals surface area (Å²) >= 11 is 0. The van der Waals surface area contributed by atoms with E-state index in [0.29, 0.717) is 12.8 Å². The molecule has 0 unspecified atom stereocenters. The van der Waals surface area contributed by atoms with Crippen LogP contribution in [-0.4, -0.2) is 33.8 Å². The van der Waals surface area contributed by atoms with E-state index in [1.54, 1.807) is 27.8 Å². The van der Waals surface area contributed by atoms with Gasteiger partial charge in [0.05, 0.1) is 18.1 Å². The van der Waals surface area contributed by atoms with Crippen molar-refractivity contribution in [3.63, 3.8) is 0 Å². The average molecular weight is 420 g/mol. The molecule has 0 saturated heterocycles. The fraction of sp³-hybridized carbons (Fsp3) is 0.650. The molecule has 0 aromatic carbocycles. The lowest BCUT2D eigenvalue weighted by atomic mass is 9.91. The SMILES string of the molecule is CC(C)n1cnc(S(=O)(=O)NC2CCC(n3nc4c(cc3=O)CCCC4)CC2)c1. The van der Waals surface area contributed by atoms with Crippen molar-refractivity contribution in [1.29, 1.82) is 0 Å². The van der Waals surface area contributed by atoms with Crippen LogP contribution in [0.15, 0.2) is 28.4 Å². The fourth-order valence-corrected chi connectivity index (χ4v) is 5.54. The molecule has 2 aromatic rings. The van der Waals surface area contributed by atoms with Crippen LogP contribution in [0.1, 0.15) is 75.7 Å². The Labute approximate surface area is 171 Å². The quantitative estimate of drug-likeness (QED) is 0.802. The zero-order valence-electron chi connectivity index (χ0n) is 17.0. The molecular formula is C20H29N5O3S. The molecule has 4 rings (SSSR count). The molecule has 0 aliphatic heterocycles. The van der Waals surface area contributed by atoms with Gasteiger partial charge in [0.1, 0.15) is 0 Å². The first-order chi connectivity index (χ1) is 13.8. The zero-order valence-corrected chi connectivity index (χ0v) is 17.9. The van der Waals surface area contributed by atoms with E-state index in [-0.39, 0.29) is 28.7 Å². The highest BCUT2D eigenvalue weighted by molar-refractivity contribution is 7.89. The van der Waals surface area contributed by atoms with Crippen molar-refractivity contribution in [2.24, 2.45) is 0 Å². The summed E-state index contributed by atoms with van der Waals surface area (Å²) in [6.07, 6.45) is 10.1. The van der Waals surface area contributed by atoms with E-state index in [0.717, 1.165) is 49.8 Å². The molecule has 0 radical (unpaired) electrons. The third kappa shape index (κ3) is 4.30. The molecule has 2 aromatic heterocycles. The van der Waals surface area contributed by atoms with Crippen LogP contribution in [0, 0.1) is 0 Å². The Bertz CT molecular complexity index is 1030. The fourth-order valence-electron chi connectivity index (χ4n) is 4.30. The van der Waals surface area contributed by atoms with E-state index in [2.05, 4.69) is 14.8 Å². The molecule has 8 nitrogen and oxygen atoms in total. The number of fused-ring (bicyclic) bond motifs is 1. The summed E-state index contributed by atoms with van der Waals surface area (Å²) in [5, 5.41) is 4.71. The van der Waals surface area contributed by atoms with Crippen molar-refractivity contribution in [3.05, 3.63) is 40.2 Å². The Morgan fingerprint density at radius 3 is 2.55 bits per heavy atom. The third-order valence-corrected chi connectivity index (χ3v) is 7.45. The van der Waals surface area contributed by atoms with Crippen LogP contribution in [0.2, 0.25) is 0 Å². The maximum absolute atomic E-state index is 12.6. The summed E-state index contributed by atoms with van der Waals surface area (Å²) in [4.78, 5) is 16.6. The van der Waals surface area contributed by atoms with Gasteiger partial charge in [-0.2, -0.15) is 5.10 Å². The highest BCUT2D eigenvalue weighted by Gasteiger charge is 2.29. The maximum Gasteiger partial charge on any atom is 0.267 e. The number of rotatable bonds is 5. The van der Waals surface area contributed by atoms with Crippen LogP contribution in [0.4, 0.5) is 0 Å². The molecule has 1 saturated carbocycles. The van der Waals surface area contributed by atoms with Crippen LogP contribution < -0.4 is 10.3 Å². The van der Waals surface area contributed by atoms with Crippen LogP contribution >= 0.6 is 0 Å². The average Bonchev–Trinajstić information content (AvgIpc) is 3.20. The first-order valence-corrected chi connectivity index (χ1v) is 12.0. The van der Waals surface area contributed by atoms with Gasteiger partial charge in [0.15, 0.2) is 5.03 Å². The van der Waals surface area contributed by atoms with Gasteiger partial charge in [-0.25, -0.2) is 22.8 Å². The number of aromatic nitrogens is 4. The number of imidazole rings is 1. The van der Waals surface area contributed by atoms with Gasteiger partial charge in [0, 0.05) is 24.3 Å². The first-order valence-electron chi connectivity index (χ1n) is 10.5. The zero-order chi connectivity index (χ0) is 20.6. The second kappa shape index (κ2) is 8.02. The number of hydrogen-bond donors (Lipinski definition) is 1. The Kier molecular flexibility index (Phi) is 5.61. The van der Waals surface area contributed by atoms with Crippen molar-refractivity contribution in [3.8, 4) is 0 Å². The predicted octanol–water partition coefficient (Wildman–Crippen LogP) is 2.36. The second-order valence-corrected chi connectivity index (χ2v) is 10.1. The Morgan fingerprint density at radius 2 is 1.86 bits per heavy atom. The minimum absolute atomic E-state index is 0.0334. The van der Waals surface area contributed by atoms with Crippen LogP contribution in [0.3, 0.4) is 0 Å². The molecule has 2 heterocycles. The van der Waals surface area contributed by atoms with E-state index < -0.39 is 10.0 Å². The summed E-state index contributed by atoms with van der Waals surface area (Å²) < 4.78 is 31.5. The highest BCUT2D eigenvalue weighted by Crippen LogP contribution is 2.28. The monoisotopic (exact) mass is 419 g/mol. The Hall–Kier alpha value is -2.00. The summed E-state index contributed by atoms with van der Waals surface area (Å²) in [5.74, 6) is 0. The van der Waals surface area contributed by atoms with Crippen molar-refractivity contribution >= 4 is 10.0 Å².